The molecule has 2 aromatic heterocycles. The largest absolute Gasteiger partial charge is 0.205 e. The number of rotatable bonds is 3. The van der Waals surface area contributed by atoms with Gasteiger partial charge in [-0.1, -0.05) is 103 Å². The maximum Gasteiger partial charge on any atom is 0.143 e. The van der Waals surface area contributed by atoms with Crippen LogP contribution in [-0.4, -0.2) is 0 Å². The Balaban J connectivity index is 1.55. The zero-order valence-corrected chi connectivity index (χ0v) is 23.6. The van der Waals surface area contributed by atoms with Crippen LogP contribution >= 0.6 is 22.7 Å². The summed E-state index contributed by atoms with van der Waals surface area (Å²) in [4.78, 5) is 0. The van der Waals surface area contributed by atoms with E-state index in [0.29, 0.717) is 16.7 Å². The lowest BCUT2D eigenvalue weighted by Gasteiger charge is -2.18. The molecule has 0 spiro atoms. The van der Waals surface area contributed by atoms with E-state index in [4.69, 9.17) is 0 Å². The third kappa shape index (κ3) is 3.56. The first kappa shape index (κ1) is 24.9. The Hall–Kier alpha value is -4.89. The zero-order valence-electron chi connectivity index (χ0n) is 22.0. The molecule has 0 fully saturated rings. The molecule has 0 aliphatic heterocycles. The van der Waals surface area contributed by atoms with Gasteiger partial charge >= 0.3 is 0 Å². The molecule has 8 rings (SSSR count). The predicted molar refractivity (Wildman–Crippen MR) is 173 cm³/mol. The van der Waals surface area contributed by atoms with Gasteiger partial charge in [-0.15, -0.1) is 22.7 Å². The second-order valence-corrected chi connectivity index (χ2v) is 12.3. The molecular weight excluding hydrogens is 561 g/mol. The molecule has 0 N–H and O–H groups in total. The monoisotopic (exact) mass is 579 g/mol. The van der Waals surface area contributed by atoms with Crippen LogP contribution in [0.25, 0.3) is 73.7 Å². The van der Waals surface area contributed by atoms with Gasteiger partial charge in [0.15, 0.2) is 0 Å². The normalized spacial score (nSPS) is 11.5. The van der Waals surface area contributed by atoms with Gasteiger partial charge in [0, 0.05) is 62.6 Å². The summed E-state index contributed by atoms with van der Waals surface area (Å²) in [5.74, 6) is -1.46. The van der Waals surface area contributed by atoms with Crippen molar-refractivity contribution in [2.45, 2.75) is 0 Å². The fraction of sp³-hybridized carbons (Fsp3) is 0. The van der Waals surface area contributed by atoms with E-state index in [-0.39, 0.29) is 22.3 Å². The molecule has 0 atom stereocenters. The number of nitriles is 1. The number of benzene rings is 6. The molecule has 6 aromatic carbocycles. The number of halogens is 2. The molecule has 0 bridgehead atoms. The van der Waals surface area contributed by atoms with Crippen molar-refractivity contribution in [3.8, 4) is 39.4 Å². The lowest BCUT2D eigenvalue weighted by atomic mass is 9.86. The van der Waals surface area contributed by atoms with Crippen LogP contribution in [0.5, 0.6) is 0 Å². The quantitative estimate of drug-likeness (QED) is 0.204. The van der Waals surface area contributed by atoms with Gasteiger partial charge in [0.2, 0.25) is 0 Å². The minimum atomic E-state index is -0.729. The van der Waals surface area contributed by atoms with Gasteiger partial charge in [-0.25, -0.2) is 8.78 Å². The minimum Gasteiger partial charge on any atom is -0.205 e. The minimum absolute atomic E-state index is 0.000377. The van der Waals surface area contributed by atoms with Crippen molar-refractivity contribution in [2.75, 3.05) is 0 Å². The van der Waals surface area contributed by atoms with Gasteiger partial charge in [-0.2, -0.15) is 5.26 Å². The van der Waals surface area contributed by atoms with E-state index in [0.717, 1.165) is 40.3 Å². The van der Waals surface area contributed by atoms with Gasteiger partial charge in [0.1, 0.15) is 17.7 Å². The molecule has 0 unspecified atom stereocenters. The highest BCUT2D eigenvalue weighted by Crippen LogP contribution is 2.49. The first-order valence-corrected chi connectivity index (χ1v) is 15.1. The van der Waals surface area contributed by atoms with Crippen molar-refractivity contribution in [2.24, 2.45) is 0 Å². The van der Waals surface area contributed by atoms with Gasteiger partial charge < -0.3 is 0 Å². The summed E-state index contributed by atoms with van der Waals surface area (Å²) >= 11 is 3.11. The van der Waals surface area contributed by atoms with Crippen LogP contribution in [0.4, 0.5) is 8.78 Å². The lowest BCUT2D eigenvalue weighted by molar-refractivity contribution is 0.593. The summed E-state index contributed by atoms with van der Waals surface area (Å²) in [5.41, 5.74) is 1.72. The van der Waals surface area contributed by atoms with Crippen LogP contribution in [0.15, 0.2) is 115 Å². The van der Waals surface area contributed by atoms with Gasteiger partial charge in [-0.3, -0.25) is 0 Å². The molecule has 8 aromatic rings. The molecule has 198 valence electrons. The Morgan fingerprint density at radius 3 is 1.43 bits per heavy atom. The third-order valence-corrected chi connectivity index (χ3v) is 10.3. The smallest absolute Gasteiger partial charge is 0.143 e. The Morgan fingerprint density at radius 2 is 0.929 bits per heavy atom. The molecule has 0 aliphatic rings. The number of thiophene rings is 2. The van der Waals surface area contributed by atoms with E-state index in [1.165, 1.54) is 0 Å². The Bertz CT molecular complexity index is 2250. The fourth-order valence-corrected chi connectivity index (χ4v) is 8.50. The number of hydrogen-bond acceptors (Lipinski definition) is 3. The van der Waals surface area contributed by atoms with Gasteiger partial charge in [-0.05, 0) is 17.7 Å². The van der Waals surface area contributed by atoms with Crippen molar-refractivity contribution in [3.63, 3.8) is 0 Å². The van der Waals surface area contributed by atoms with Crippen molar-refractivity contribution >= 4 is 63.0 Å². The molecular formula is C37H19F2NS2. The zero-order chi connectivity index (χ0) is 28.4. The van der Waals surface area contributed by atoms with Crippen LogP contribution in [0, 0.1) is 23.0 Å². The van der Waals surface area contributed by atoms with E-state index in [1.807, 2.05) is 91.0 Å². The Morgan fingerprint density at radius 1 is 0.476 bits per heavy atom. The summed E-state index contributed by atoms with van der Waals surface area (Å²) in [5, 5.41) is 14.8. The topological polar surface area (TPSA) is 23.8 Å². The van der Waals surface area contributed by atoms with Gasteiger partial charge in [0.25, 0.3) is 0 Å². The van der Waals surface area contributed by atoms with Crippen LogP contribution < -0.4 is 0 Å². The number of nitrogens with zero attached hydrogens (tertiary/aromatic N) is 1. The second-order valence-electron chi connectivity index (χ2n) is 10.2. The van der Waals surface area contributed by atoms with Crippen LogP contribution in [0.1, 0.15) is 5.56 Å². The maximum absolute atomic E-state index is 16.9. The van der Waals surface area contributed by atoms with Crippen LogP contribution in [-0.2, 0) is 0 Å². The van der Waals surface area contributed by atoms with Crippen LogP contribution in [0.3, 0.4) is 0 Å². The molecule has 0 saturated carbocycles. The summed E-state index contributed by atoms with van der Waals surface area (Å²) in [6.07, 6.45) is 0. The average Bonchev–Trinajstić information content (AvgIpc) is 3.60. The molecule has 1 nitrogen and oxygen atoms in total. The summed E-state index contributed by atoms with van der Waals surface area (Å²) in [6, 6.07) is 38.6. The van der Waals surface area contributed by atoms with E-state index in [9.17, 15) is 5.26 Å². The first-order valence-electron chi connectivity index (χ1n) is 13.5. The third-order valence-electron chi connectivity index (χ3n) is 7.90. The molecule has 5 heteroatoms. The molecule has 2 heterocycles. The highest BCUT2D eigenvalue weighted by atomic mass is 32.1. The van der Waals surface area contributed by atoms with E-state index in [2.05, 4.69) is 6.07 Å². The van der Waals surface area contributed by atoms with Crippen molar-refractivity contribution in [3.05, 3.63) is 132 Å². The summed E-state index contributed by atoms with van der Waals surface area (Å²) in [7, 11) is 0. The van der Waals surface area contributed by atoms with Crippen molar-refractivity contribution in [1.29, 1.82) is 5.26 Å². The fourth-order valence-electron chi connectivity index (χ4n) is 6.05. The lowest BCUT2D eigenvalue weighted by Crippen LogP contribution is -2.03. The highest BCUT2D eigenvalue weighted by Gasteiger charge is 2.29. The first-order chi connectivity index (χ1) is 20.7. The summed E-state index contributed by atoms with van der Waals surface area (Å²) < 4.78 is 37.7. The molecule has 0 radical (unpaired) electrons. The summed E-state index contributed by atoms with van der Waals surface area (Å²) in [6.45, 7) is 0. The van der Waals surface area contributed by atoms with Crippen molar-refractivity contribution in [1.82, 2.24) is 0 Å². The number of hydrogen-bond donors (Lipinski definition) is 0. The van der Waals surface area contributed by atoms with Crippen molar-refractivity contribution < 1.29 is 8.78 Å². The van der Waals surface area contributed by atoms with E-state index >= 15 is 8.78 Å². The molecule has 42 heavy (non-hydrogen) atoms. The molecule has 0 amide bonds. The Kier molecular flexibility index (Phi) is 5.68. The molecule has 0 aliphatic carbocycles. The Labute approximate surface area is 248 Å². The second kappa shape index (κ2) is 9.60. The average molecular weight is 580 g/mol. The van der Waals surface area contributed by atoms with Crippen LogP contribution in [0.2, 0.25) is 0 Å². The maximum atomic E-state index is 16.9. The standard InChI is InChI=1S/C37H19F2NS2/c38-34-31(21-10-2-1-3-11-21)35(39)33(27-17-9-15-25-23-13-5-7-19-30(23)42-37(25)27)28(20-40)32(34)26-16-8-14-24-22-12-4-6-18-29(22)41-36(24)26/h1-19H. The van der Waals surface area contributed by atoms with E-state index < -0.39 is 11.6 Å². The highest BCUT2D eigenvalue weighted by molar-refractivity contribution is 7.26. The predicted octanol–water partition coefficient (Wildman–Crippen LogP) is 11.6. The molecule has 0 saturated heterocycles. The van der Waals surface area contributed by atoms with Gasteiger partial charge in [0.05, 0.1) is 11.1 Å². The van der Waals surface area contributed by atoms with E-state index in [1.54, 1.807) is 46.9 Å². The SMILES string of the molecule is N#Cc1c(-c2cccc3c2sc2ccccc23)c(F)c(-c2ccccc2)c(F)c1-c1cccc2c1sc1ccccc12. The number of fused-ring (bicyclic) bond motifs is 6.